The molecule has 0 saturated carbocycles. The molecular formula is C18H23NO2. The van der Waals surface area contributed by atoms with Crippen molar-refractivity contribution in [3.05, 3.63) is 50.3 Å². The minimum Gasteiger partial charge on any atom is -0.376 e. The Morgan fingerprint density at radius 2 is 1.62 bits per heavy atom. The Bertz CT molecular complexity index is 702. The van der Waals surface area contributed by atoms with Gasteiger partial charge in [0.25, 0.3) is 0 Å². The molecule has 21 heavy (non-hydrogen) atoms. The third kappa shape index (κ3) is 2.92. The van der Waals surface area contributed by atoms with Gasteiger partial charge in [0, 0.05) is 5.54 Å². The highest BCUT2D eigenvalue weighted by atomic mass is 16.2. The van der Waals surface area contributed by atoms with Crippen LogP contribution in [0.5, 0.6) is 0 Å². The van der Waals surface area contributed by atoms with Crippen LogP contribution in [0.15, 0.2) is 33.9 Å². The number of hydrogen-bond donors (Lipinski definition) is 1. The summed E-state index contributed by atoms with van der Waals surface area (Å²) in [6, 6.07) is 7.89. The lowest BCUT2D eigenvalue weighted by atomic mass is 9.93. The average molecular weight is 285 g/mol. The number of anilines is 1. The van der Waals surface area contributed by atoms with Crippen LogP contribution in [0.2, 0.25) is 0 Å². The lowest BCUT2D eigenvalue weighted by molar-refractivity contribution is 0.546. The maximum atomic E-state index is 11.9. The Hall–Kier alpha value is -1.90. The summed E-state index contributed by atoms with van der Waals surface area (Å²) in [7, 11) is 0. The van der Waals surface area contributed by atoms with Crippen molar-refractivity contribution in [2.75, 3.05) is 5.32 Å². The van der Waals surface area contributed by atoms with E-state index in [9.17, 15) is 9.59 Å². The zero-order chi connectivity index (χ0) is 15.8. The zero-order valence-electron chi connectivity index (χ0n) is 13.4. The number of nitrogens with one attached hydrogen (secondary N) is 1. The number of rotatable bonds is 5. The summed E-state index contributed by atoms with van der Waals surface area (Å²) < 4.78 is 0. The zero-order valence-corrected chi connectivity index (χ0v) is 13.4. The molecule has 0 spiro atoms. The van der Waals surface area contributed by atoms with E-state index in [2.05, 4.69) is 26.1 Å². The van der Waals surface area contributed by atoms with Crippen molar-refractivity contribution in [1.29, 1.82) is 0 Å². The summed E-state index contributed by atoms with van der Waals surface area (Å²) in [4.78, 5) is 23.8. The van der Waals surface area contributed by atoms with Crippen LogP contribution in [0.3, 0.4) is 0 Å². The van der Waals surface area contributed by atoms with Crippen molar-refractivity contribution < 1.29 is 0 Å². The van der Waals surface area contributed by atoms with Gasteiger partial charge in [-0.25, -0.2) is 0 Å². The second-order valence-corrected chi connectivity index (χ2v) is 6.55. The molecule has 1 N–H and O–H groups in total. The molecule has 0 unspecified atom stereocenters. The summed E-state index contributed by atoms with van der Waals surface area (Å²) in [6.07, 6.45) is 0.873. The molecule has 0 heterocycles. The monoisotopic (exact) mass is 285 g/mol. The molecule has 3 heteroatoms. The van der Waals surface area contributed by atoms with Crippen LogP contribution in [0, 0.1) is 0 Å². The van der Waals surface area contributed by atoms with Crippen LogP contribution >= 0.6 is 0 Å². The van der Waals surface area contributed by atoms with E-state index in [0.717, 1.165) is 12.0 Å². The van der Waals surface area contributed by atoms with Gasteiger partial charge in [0.2, 0.25) is 10.9 Å². The van der Waals surface area contributed by atoms with Gasteiger partial charge >= 0.3 is 0 Å². The molecule has 0 aliphatic carbocycles. The quantitative estimate of drug-likeness (QED) is 0.853. The molecule has 0 bridgehead atoms. The maximum absolute atomic E-state index is 11.9. The van der Waals surface area contributed by atoms with Gasteiger partial charge < -0.3 is 5.32 Å². The maximum Gasteiger partial charge on any atom is 0.250 e. The molecule has 2 rings (SSSR count). The first-order valence-corrected chi connectivity index (χ1v) is 7.48. The van der Waals surface area contributed by atoms with Crippen molar-refractivity contribution >= 4 is 5.69 Å². The Labute approximate surface area is 125 Å². The van der Waals surface area contributed by atoms with Crippen molar-refractivity contribution in [1.82, 2.24) is 0 Å². The molecule has 0 amide bonds. The van der Waals surface area contributed by atoms with E-state index in [0.29, 0.717) is 17.2 Å². The predicted octanol–water partition coefficient (Wildman–Crippen LogP) is 3.67. The van der Waals surface area contributed by atoms with Crippen molar-refractivity contribution in [2.24, 2.45) is 0 Å². The number of hydrogen-bond acceptors (Lipinski definition) is 3. The largest absolute Gasteiger partial charge is 0.376 e. The van der Waals surface area contributed by atoms with Crippen LogP contribution in [0.1, 0.15) is 52.5 Å². The van der Waals surface area contributed by atoms with Crippen molar-refractivity contribution in [3.8, 4) is 11.1 Å². The van der Waals surface area contributed by atoms with Gasteiger partial charge in [-0.3, -0.25) is 9.59 Å². The second-order valence-electron chi connectivity index (χ2n) is 6.55. The second kappa shape index (κ2) is 5.47. The first-order valence-electron chi connectivity index (χ1n) is 7.48. The van der Waals surface area contributed by atoms with Gasteiger partial charge in [-0.2, -0.15) is 0 Å². The van der Waals surface area contributed by atoms with E-state index < -0.39 is 5.43 Å². The van der Waals surface area contributed by atoms with Crippen molar-refractivity contribution in [2.45, 2.75) is 52.5 Å². The Morgan fingerprint density at radius 3 is 2.10 bits per heavy atom. The highest BCUT2D eigenvalue weighted by Crippen LogP contribution is 2.28. The summed E-state index contributed by atoms with van der Waals surface area (Å²) in [5.41, 5.74) is 2.04. The molecule has 0 saturated heterocycles. The first kappa shape index (κ1) is 15.5. The minimum atomic E-state index is -0.403. The third-order valence-electron chi connectivity index (χ3n) is 4.12. The van der Waals surface area contributed by atoms with E-state index in [1.807, 2.05) is 38.1 Å². The van der Waals surface area contributed by atoms with E-state index in [4.69, 9.17) is 0 Å². The first-order chi connectivity index (χ1) is 9.76. The van der Waals surface area contributed by atoms with Gasteiger partial charge in [0.05, 0.1) is 11.3 Å². The Balaban J connectivity index is 2.39. The molecule has 0 aliphatic rings. The number of benzene rings is 1. The van der Waals surface area contributed by atoms with Crippen LogP contribution in [0.4, 0.5) is 5.69 Å². The molecule has 0 fully saturated rings. The van der Waals surface area contributed by atoms with E-state index in [1.165, 1.54) is 5.56 Å². The molecule has 3 nitrogen and oxygen atoms in total. The summed E-state index contributed by atoms with van der Waals surface area (Å²) in [5.74, 6) is 0.448. The minimum absolute atomic E-state index is 0.200. The van der Waals surface area contributed by atoms with E-state index >= 15 is 0 Å². The fraction of sp³-hybridized carbons (Fsp3) is 0.444. The summed E-state index contributed by atoms with van der Waals surface area (Å²) in [6.45, 7) is 10.4. The van der Waals surface area contributed by atoms with Gasteiger partial charge in [0.15, 0.2) is 0 Å². The average Bonchev–Trinajstić information content (AvgIpc) is 2.46. The Kier molecular flexibility index (Phi) is 4.04. The Morgan fingerprint density at radius 1 is 1.05 bits per heavy atom. The molecule has 0 radical (unpaired) electrons. The van der Waals surface area contributed by atoms with Crippen molar-refractivity contribution in [3.63, 3.8) is 0 Å². The van der Waals surface area contributed by atoms with Gasteiger partial charge in [-0.1, -0.05) is 45.0 Å². The normalized spacial score (nSPS) is 12.1. The van der Waals surface area contributed by atoms with Crippen LogP contribution in [-0.4, -0.2) is 5.54 Å². The SMILES string of the molecule is CCC(C)(C)Nc1c(-c2ccc(C(C)C)cc2)c(=O)c1=O. The van der Waals surface area contributed by atoms with E-state index in [-0.39, 0.29) is 11.0 Å². The smallest absolute Gasteiger partial charge is 0.250 e. The molecule has 2 aromatic rings. The molecule has 2 aromatic carbocycles. The highest BCUT2D eigenvalue weighted by molar-refractivity contribution is 5.82. The van der Waals surface area contributed by atoms with E-state index in [1.54, 1.807) is 0 Å². The third-order valence-corrected chi connectivity index (χ3v) is 4.12. The van der Waals surface area contributed by atoms with Crippen LogP contribution < -0.4 is 16.2 Å². The lowest BCUT2D eigenvalue weighted by Gasteiger charge is -2.27. The summed E-state index contributed by atoms with van der Waals surface area (Å²) in [5, 5.41) is 3.22. The molecule has 0 atom stereocenters. The fourth-order valence-electron chi connectivity index (χ4n) is 2.25. The van der Waals surface area contributed by atoms with Gasteiger partial charge in [-0.05, 0) is 37.3 Å². The standard InChI is InChI=1S/C18H23NO2/c1-6-18(4,5)19-15-14(16(20)17(15)21)13-9-7-12(8-10-13)11(2)3/h7-11,19H,6H2,1-5H3. The molecule has 0 aliphatic heterocycles. The predicted molar refractivity (Wildman–Crippen MR) is 88.9 cm³/mol. The van der Waals surface area contributed by atoms with Crippen LogP contribution in [0.25, 0.3) is 11.1 Å². The lowest BCUT2D eigenvalue weighted by Crippen LogP contribution is -2.42. The topological polar surface area (TPSA) is 46.2 Å². The molecule has 112 valence electrons. The highest BCUT2D eigenvalue weighted by Gasteiger charge is 2.26. The molecule has 0 aromatic heterocycles. The van der Waals surface area contributed by atoms with Gasteiger partial charge in [0.1, 0.15) is 0 Å². The van der Waals surface area contributed by atoms with Crippen LogP contribution in [-0.2, 0) is 0 Å². The fourth-order valence-corrected chi connectivity index (χ4v) is 2.25. The van der Waals surface area contributed by atoms with Gasteiger partial charge in [-0.15, -0.1) is 0 Å². The summed E-state index contributed by atoms with van der Waals surface area (Å²) >= 11 is 0. The molecular weight excluding hydrogens is 262 g/mol.